The van der Waals surface area contributed by atoms with Crippen LogP contribution in [-0.2, 0) is 11.3 Å². The predicted octanol–water partition coefficient (Wildman–Crippen LogP) is 7.41. The highest BCUT2D eigenvalue weighted by Gasteiger charge is 2.54. The minimum atomic E-state index is -0.719. The predicted molar refractivity (Wildman–Crippen MR) is 142 cm³/mol. The van der Waals surface area contributed by atoms with Gasteiger partial charge in [0.15, 0.2) is 5.78 Å². The molecule has 0 saturated heterocycles. The summed E-state index contributed by atoms with van der Waals surface area (Å²) in [6.07, 6.45) is 5.43. The van der Waals surface area contributed by atoms with Crippen LogP contribution in [0.3, 0.4) is 0 Å². The molecule has 38 heavy (non-hydrogen) atoms. The Balaban J connectivity index is 1.19. The fourth-order valence-electron chi connectivity index (χ4n) is 6.59. The molecule has 1 spiro atoms. The normalized spacial score (nSPS) is 22.3. The van der Waals surface area contributed by atoms with E-state index in [4.69, 9.17) is 5.11 Å². The lowest BCUT2D eigenvalue weighted by Crippen LogP contribution is -2.50. The number of nitrogens with zero attached hydrogens (tertiary/aromatic N) is 1. The number of carboxylic acids is 1. The van der Waals surface area contributed by atoms with Gasteiger partial charge in [0.2, 0.25) is 0 Å². The van der Waals surface area contributed by atoms with Gasteiger partial charge in [-0.3, -0.25) is 9.59 Å². The van der Waals surface area contributed by atoms with Crippen LogP contribution in [0.2, 0.25) is 0 Å². The Kier molecular flexibility index (Phi) is 5.93. The average molecular weight is 514 g/mol. The van der Waals surface area contributed by atoms with Crippen molar-refractivity contribution in [2.24, 2.45) is 17.3 Å². The summed E-state index contributed by atoms with van der Waals surface area (Å²) in [4.78, 5) is 24.5. The molecule has 0 unspecified atom stereocenters. The molecule has 1 aromatic heterocycles. The molecule has 2 aliphatic carbocycles. The summed E-state index contributed by atoms with van der Waals surface area (Å²) in [6, 6.07) is 17.7. The number of carboxylic acid groups (broad SMARTS) is 1. The smallest absolute Gasteiger partial charge is 0.306 e. The molecular weight excluding hydrogens is 484 g/mol. The standard InChI is InChI=1S/C32H29F2NO3/c1-19-2-5-23(13-28(19)34)22-6-3-20(4-7-22)18-35-11-10-25-27(33)9-8-26(30(25)35)29(36)12-21-14-32(15-21)16-24(17-32)31(37)38/h2-11,13,21,24H,12,14-18H2,1H3,(H,37,38). The Morgan fingerprint density at radius 1 is 0.921 bits per heavy atom. The van der Waals surface area contributed by atoms with E-state index in [2.05, 4.69) is 0 Å². The third-order valence-corrected chi connectivity index (χ3v) is 8.61. The first-order valence-electron chi connectivity index (χ1n) is 13.1. The van der Waals surface area contributed by atoms with Crippen LogP contribution in [-0.4, -0.2) is 21.4 Å². The van der Waals surface area contributed by atoms with Crippen LogP contribution in [0.5, 0.6) is 0 Å². The fraction of sp³-hybridized carbons (Fsp3) is 0.312. The lowest BCUT2D eigenvalue weighted by Gasteiger charge is -2.56. The maximum Gasteiger partial charge on any atom is 0.306 e. The van der Waals surface area contributed by atoms with Crippen molar-refractivity contribution in [3.05, 3.63) is 95.2 Å². The van der Waals surface area contributed by atoms with Crippen molar-refractivity contribution in [2.75, 3.05) is 0 Å². The summed E-state index contributed by atoms with van der Waals surface area (Å²) in [6.45, 7) is 2.21. The van der Waals surface area contributed by atoms with Crippen molar-refractivity contribution in [1.82, 2.24) is 4.57 Å². The molecule has 4 nitrogen and oxygen atoms in total. The minimum absolute atomic E-state index is 0.000605. The number of Topliss-reactive ketones (excluding diaryl/α,β-unsaturated/α-hetero) is 1. The zero-order chi connectivity index (χ0) is 26.6. The molecule has 0 bridgehead atoms. The zero-order valence-corrected chi connectivity index (χ0v) is 21.2. The van der Waals surface area contributed by atoms with Crippen molar-refractivity contribution in [1.29, 1.82) is 0 Å². The van der Waals surface area contributed by atoms with Gasteiger partial charge in [0.1, 0.15) is 11.6 Å². The Hall–Kier alpha value is -3.80. The van der Waals surface area contributed by atoms with Crippen LogP contribution in [0.15, 0.2) is 66.9 Å². The van der Waals surface area contributed by atoms with E-state index in [1.165, 1.54) is 12.1 Å². The Morgan fingerprint density at radius 2 is 1.63 bits per heavy atom. The second kappa shape index (κ2) is 9.19. The van der Waals surface area contributed by atoms with Gasteiger partial charge in [0.25, 0.3) is 0 Å². The summed E-state index contributed by atoms with van der Waals surface area (Å²) in [7, 11) is 0. The van der Waals surface area contributed by atoms with Crippen LogP contribution < -0.4 is 0 Å². The monoisotopic (exact) mass is 513 g/mol. The Labute approximate surface area is 219 Å². The molecule has 1 N–H and O–H groups in total. The van der Waals surface area contributed by atoms with E-state index in [1.807, 2.05) is 41.1 Å². The molecule has 0 amide bonds. The number of aryl methyl sites for hydroxylation is 1. The minimum Gasteiger partial charge on any atom is -0.481 e. The summed E-state index contributed by atoms with van der Waals surface area (Å²) >= 11 is 0. The highest BCUT2D eigenvalue weighted by Crippen LogP contribution is 2.62. The van der Waals surface area contributed by atoms with Crippen LogP contribution in [0.25, 0.3) is 22.0 Å². The highest BCUT2D eigenvalue weighted by molar-refractivity contribution is 6.07. The van der Waals surface area contributed by atoms with E-state index in [1.54, 1.807) is 25.1 Å². The molecule has 2 aliphatic rings. The highest BCUT2D eigenvalue weighted by atomic mass is 19.1. The van der Waals surface area contributed by atoms with Crippen molar-refractivity contribution in [3.8, 4) is 11.1 Å². The number of benzene rings is 3. The third kappa shape index (κ3) is 4.32. The van der Waals surface area contributed by atoms with Gasteiger partial charge in [-0.05, 0) is 90.5 Å². The first-order valence-corrected chi connectivity index (χ1v) is 13.1. The van der Waals surface area contributed by atoms with Crippen molar-refractivity contribution in [3.63, 3.8) is 0 Å². The quantitative estimate of drug-likeness (QED) is 0.262. The molecule has 0 aliphatic heterocycles. The van der Waals surface area contributed by atoms with Crippen LogP contribution >= 0.6 is 0 Å². The number of halogens is 2. The van der Waals surface area contributed by atoms with E-state index < -0.39 is 5.97 Å². The summed E-state index contributed by atoms with van der Waals surface area (Å²) in [5.41, 5.74) is 4.54. The topological polar surface area (TPSA) is 59.3 Å². The van der Waals surface area contributed by atoms with Crippen molar-refractivity contribution in [2.45, 2.75) is 45.6 Å². The molecule has 2 fully saturated rings. The number of aliphatic carboxylic acids is 1. The third-order valence-electron chi connectivity index (χ3n) is 8.61. The Morgan fingerprint density at radius 3 is 2.32 bits per heavy atom. The lowest BCUT2D eigenvalue weighted by atomic mass is 9.47. The summed E-state index contributed by atoms with van der Waals surface area (Å²) < 4.78 is 30.6. The largest absolute Gasteiger partial charge is 0.481 e. The summed E-state index contributed by atoms with van der Waals surface area (Å²) in [5.74, 6) is -1.30. The molecule has 6 rings (SSSR count). The molecule has 1 heterocycles. The number of carbonyl (C=O) groups excluding carboxylic acids is 1. The van der Waals surface area contributed by atoms with Crippen LogP contribution in [0, 0.1) is 35.8 Å². The molecule has 3 aromatic carbocycles. The van der Waals surface area contributed by atoms with Gasteiger partial charge in [-0.25, -0.2) is 8.78 Å². The summed E-state index contributed by atoms with van der Waals surface area (Å²) in [5, 5.41) is 9.59. The molecule has 2 saturated carbocycles. The van der Waals surface area contributed by atoms with Gasteiger partial charge >= 0.3 is 5.97 Å². The number of carbonyl (C=O) groups is 2. The average Bonchev–Trinajstić information content (AvgIpc) is 3.26. The molecule has 4 aromatic rings. The van der Waals surface area contributed by atoms with Gasteiger partial charge in [-0.2, -0.15) is 0 Å². The first-order chi connectivity index (χ1) is 18.2. The van der Waals surface area contributed by atoms with Gasteiger partial charge in [-0.1, -0.05) is 36.4 Å². The van der Waals surface area contributed by atoms with Crippen LogP contribution in [0.4, 0.5) is 8.78 Å². The van der Waals surface area contributed by atoms with E-state index in [0.717, 1.165) is 29.5 Å². The molecule has 0 atom stereocenters. The number of fused-ring (bicyclic) bond motifs is 1. The number of ketones is 1. The van der Waals surface area contributed by atoms with Gasteiger partial charge < -0.3 is 9.67 Å². The van der Waals surface area contributed by atoms with E-state index in [-0.39, 0.29) is 34.7 Å². The van der Waals surface area contributed by atoms with Crippen molar-refractivity contribution >= 4 is 22.7 Å². The van der Waals surface area contributed by atoms with Gasteiger partial charge in [-0.15, -0.1) is 0 Å². The Bertz CT molecular complexity index is 1560. The lowest BCUT2D eigenvalue weighted by molar-refractivity contribution is -0.157. The van der Waals surface area contributed by atoms with E-state index >= 15 is 0 Å². The molecule has 194 valence electrons. The molecular formula is C32H29F2NO3. The number of aromatic nitrogens is 1. The van der Waals surface area contributed by atoms with Gasteiger partial charge in [0, 0.05) is 30.1 Å². The van der Waals surface area contributed by atoms with Crippen molar-refractivity contribution < 1.29 is 23.5 Å². The molecule has 6 heteroatoms. The maximum absolute atomic E-state index is 14.7. The van der Waals surface area contributed by atoms with Crippen LogP contribution in [0.1, 0.15) is 53.6 Å². The van der Waals surface area contributed by atoms with E-state index in [9.17, 15) is 18.4 Å². The molecule has 0 radical (unpaired) electrons. The second-order valence-corrected chi connectivity index (χ2v) is 11.3. The maximum atomic E-state index is 14.7. The second-order valence-electron chi connectivity index (χ2n) is 11.3. The zero-order valence-electron chi connectivity index (χ0n) is 21.2. The van der Waals surface area contributed by atoms with E-state index in [0.29, 0.717) is 47.8 Å². The number of hydrogen-bond donors (Lipinski definition) is 1. The number of rotatable bonds is 7. The SMILES string of the molecule is Cc1ccc(-c2ccc(Cn3ccc4c(F)ccc(C(=O)CC5CC6(C5)CC(C(=O)O)C6)c43)cc2)cc1F. The number of hydrogen-bond acceptors (Lipinski definition) is 2. The fourth-order valence-corrected chi connectivity index (χ4v) is 6.59. The van der Waals surface area contributed by atoms with Gasteiger partial charge in [0.05, 0.1) is 11.4 Å². The first kappa shape index (κ1) is 24.5.